The molecule has 0 aromatic heterocycles. The van der Waals surface area contributed by atoms with E-state index in [1.807, 2.05) is 27.8 Å². The van der Waals surface area contributed by atoms with Crippen molar-refractivity contribution in [3.8, 4) is 0 Å². The molecule has 7 nitrogen and oxygen atoms in total. The van der Waals surface area contributed by atoms with E-state index in [9.17, 15) is 4.79 Å². The van der Waals surface area contributed by atoms with Crippen LogP contribution in [-0.2, 0) is 17.7 Å². The van der Waals surface area contributed by atoms with Crippen LogP contribution in [0.25, 0.3) is 0 Å². The van der Waals surface area contributed by atoms with Gasteiger partial charge in [-0.1, -0.05) is 24.3 Å². The van der Waals surface area contributed by atoms with Crippen LogP contribution in [0.1, 0.15) is 38.3 Å². The highest BCUT2D eigenvalue weighted by Crippen LogP contribution is 2.18. The average Bonchev–Trinajstić information content (AvgIpc) is 3.11. The molecule has 1 amide bonds. The zero-order valence-electron chi connectivity index (χ0n) is 18.6. The van der Waals surface area contributed by atoms with E-state index in [0.29, 0.717) is 0 Å². The molecule has 1 aromatic rings. The molecule has 168 valence electrons. The van der Waals surface area contributed by atoms with E-state index >= 15 is 0 Å². The Bertz CT molecular complexity index is 734. The summed E-state index contributed by atoms with van der Waals surface area (Å²) in [5, 5.41) is 6.45. The number of likely N-dealkylation sites (tertiary alicyclic amines) is 1. The summed E-state index contributed by atoms with van der Waals surface area (Å²) in [5.41, 5.74) is 2.45. The van der Waals surface area contributed by atoms with Crippen molar-refractivity contribution in [2.24, 2.45) is 4.99 Å². The largest absolute Gasteiger partial charge is 0.444 e. The van der Waals surface area contributed by atoms with E-state index in [0.717, 1.165) is 58.1 Å². The fourth-order valence-electron chi connectivity index (χ4n) is 3.95. The number of rotatable bonds is 4. The lowest BCUT2D eigenvalue weighted by molar-refractivity contribution is 0.0507. The number of hydrogen-bond donors (Lipinski definition) is 2. The van der Waals surface area contributed by atoms with E-state index in [2.05, 4.69) is 49.7 Å². The molecule has 2 aliphatic heterocycles. The third-order valence-corrected chi connectivity index (χ3v) is 5.34. The van der Waals surface area contributed by atoms with Crippen LogP contribution >= 0.6 is 24.0 Å². The fraction of sp³-hybridized carbons (Fsp3) is 0.636. The van der Waals surface area contributed by atoms with Crippen molar-refractivity contribution in [3.63, 3.8) is 0 Å². The quantitative estimate of drug-likeness (QED) is 0.357. The van der Waals surface area contributed by atoms with Crippen LogP contribution in [0.3, 0.4) is 0 Å². The summed E-state index contributed by atoms with van der Waals surface area (Å²) in [6.45, 7) is 11.2. The molecular formula is C22H36IN5O2. The maximum Gasteiger partial charge on any atom is 0.407 e. The highest BCUT2D eigenvalue weighted by Gasteiger charge is 2.28. The van der Waals surface area contributed by atoms with Gasteiger partial charge in [-0.15, -0.1) is 24.0 Å². The smallest absolute Gasteiger partial charge is 0.407 e. The fourth-order valence-corrected chi connectivity index (χ4v) is 3.95. The molecule has 0 spiro atoms. The number of ether oxygens (including phenoxy) is 1. The van der Waals surface area contributed by atoms with Crippen LogP contribution in [0.15, 0.2) is 29.3 Å². The highest BCUT2D eigenvalue weighted by atomic mass is 127. The average molecular weight is 529 g/mol. The molecule has 1 atom stereocenters. The highest BCUT2D eigenvalue weighted by molar-refractivity contribution is 14.0. The van der Waals surface area contributed by atoms with E-state index in [4.69, 9.17) is 4.74 Å². The molecule has 1 unspecified atom stereocenters. The molecule has 0 radical (unpaired) electrons. The summed E-state index contributed by atoms with van der Waals surface area (Å²) in [6, 6.07) is 8.80. The molecule has 1 aromatic carbocycles. The summed E-state index contributed by atoms with van der Waals surface area (Å²) >= 11 is 0. The molecule has 8 heteroatoms. The van der Waals surface area contributed by atoms with Gasteiger partial charge in [0.15, 0.2) is 5.96 Å². The lowest BCUT2D eigenvalue weighted by atomic mass is 10.00. The van der Waals surface area contributed by atoms with Gasteiger partial charge in [-0.3, -0.25) is 9.89 Å². The van der Waals surface area contributed by atoms with Crippen molar-refractivity contribution in [1.82, 2.24) is 20.4 Å². The Balaban J connectivity index is 0.00000320. The first-order valence-electron chi connectivity index (χ1n) is 10.6. The van der Waals surface area contributed by atoms with Gasteiger partial charge in [0.2, 0.25) is 0 Å². The molecule has 2 heterocycles. The number of benzene rings is 1. The summed E-state index contributed by atoms with van der Waals surface area (Å²) in [7, 11) is 1.81. The van der Waals surface area contributed by atoms with Gasteiger partial charge in [-0.25, -0.2) is 4.79 Å². The maximum atomic E-state index is 12.0. The Hall–Kier alpha value is -1.55. The number of aliphatic imine (C=N–C) groups is 1. The van der Waals surface area contributed by atoms with Crippen molar-refractivity contribution in [3.05, 3.63) is 35.4 Å². The van der Waals surface area contributed by atoms with Gasteiger partial charge in [0, 0.05) is 46.3 Å². The molecule has 0 bridgehead atoms. The van der Waals surface area contributed by atoms with Crippen molar-refractivity contribution in [1.29, 1.82) is 0 Å². The number of halogens is 1. The van der Waals surface area contributed by atoms with Crippen LogP contribution in [0, 0.1) is 0 Å². The molecule has 0 aliphatic carbocycles. The Morgan fingerprint density at radius 2 is 1.97 bits per heavy atom. The minimum atomic E-state index is -0.477. The van der Waals surface area contributed by atoms with E-state index in [1.165, 1.54) is 11.1 Å². The summed E-state index contributed by atoms with van der Waals surface area (Å²) < 4.78 is 5.36. The maximum absolute atomic E-state index is 12.0. The molecular weight excluding hydrogens is 493 g/mol. The standard InChI is InChI=1S/C22H35N5O2.HI/c1-22(2,3)29-21(28)25-19-10-13-27(16-19)20(23-4)24-11-14-26-12-9-17-7-5-6-8-18(17)15-26;/h5-8,19H,9-16H2,1-4H3,(H,23,24)(H,25,28);1H. The first kappa shape index (κ1) is 24.7. The third kappa shape index (κ3) is 7.30. The second-order valence-electron chi connectivity index (χ2n) is 8.85. The number of alkyl carbamates (subject to hydrolysis) is 1. The molecule has 1 fully saturated rings. The summed E-state index contributed by atoms with van der Waals surface area (Å²) in [4.78, 5) is 21.1. The Kier molecular flexibility index (Phi) is 9.21. The minimum absolute atomic E-state index is 0. The SMILES string of the molecule is CN=C(NCCN1CCc2ccccc2C1)N1CCC(NC(=O)OC(C)(C)C)C1.I. The van der Waals surface area contributed by atoms with Crippen LogP contribution in [0.4, 0.5) is 4.79 Å². The number of nitrogens with one attached hydrogen (secondary N) is 2. The zero-order valence-corrected chi connectivity index (χ0v) is 20.9. The van der Waals surface area contributed by atoms with Gasteiger partial charge in [-0.05, 0) is 44.7 Å². The topological polar surface area (TPSA) is 69.2 Å². The van der Waals surface area contributed by atoms with E-state index in [1.54, 1.807) is 0 Å². The van der Waals surface area contributed by atoms with Crippen molar-refractivity contribution in [2.45, 2.75) is 51.8 Å². The monoisotopic (exact) mass is 529 g/mol. The minimum Gasteiger partial charge on any atom is -0.444 e. The number of guanidine groups is 1. The first-order valence-corrected chi connectivity index (χ1v) is 10.6. The lowest BCUT2D eigenvalue weighted by Crippen LogP contribution is -2.46. The number of carbonyl (C=O) groups excluding carboxylic acids is 1. The normalized spacial score (nSPS) is 19.7. The third-order valence-electron chi connectivity index (χ3n) is 5.34. The second-order valence-corrected chi connectivity index (χ2v) is 8.85. The van der Waals surface area contributed by atoms with Crippen molar-refractivity contribution in [2.75, 3.05) is 39.8 Å². The summed E-state index contributed by atoms with van der Waals surface area (Å²) in [6.07, 6.45) is 1.66. The molecule has 30 heavy (non-hydrogen) atoms. The zero-order chi connectivity index (χ0) is 20.9. The van der Waals surface area contributed by atoms with Gasteiger partial charge in [0.1, 0.15) is 5.60 Å². The molecule has 0 saturated carbocycles. The van der Waals surface area contributed by atoms with Crippen LogP contribution in [-0.4, -0.2) is 73.3 Å². The van der Waals surface area contributed by atoms with Gasteiger partial charge in [-0.2, -0.15) is 0 Å². The second kappa shape index (κ2) is 11.2. The van der Waals surface area contributed by atoms with Crippen LogP contribution in [0.5, 0.6) is 0 Å². The summed E-state index contributed by atoms with van der Waals surface area (Å²) in [5.74, 6) is 0.899. The van der Waals surface area contributed by atoms with Gasteiger partial charge < -0.3 is 20.3 Å². The number of nitrogens with zero attached hydrogens (tertiary/aromatic N) is 3. The number of amides is 1. The molecule has 3 rings (SSSR count). The molecule has 2 N–H and O–H groups in total. The Morgan fingerprint density at radius 3 is 2.67 bits per heavy atom. The predicted octanol–water partition coefficient (Wildman–Crippen LogP) is 2.84. The number of fused-ring (bicyclic) bond motifs is 1. The van der Waals surface area contributed by atoms with Crippen LogP contribution < -0.4 is 10.6 Å². The van der Waals surface area contributed by atoms with Gasteiger partial charge in [0.05, 0.1) is 6.04 Å². The first-order chi connectivity index (χ1) is 13.8. The predicted molar refractivity (Wildman–Crippen MR) is 132 cm³/mol. The van der Waals surface area contributed by atoms with Gasteiger partial charge >= 0.3 is 6.09 Å². The molecule has 2 aliphatic rings. The Morgan fingerprint density at radius 1 is 1.23 bits per heavy atom. The molecule has 1 saturated heterocycles. The number of carbonyl (C=O) groups is 1. The Labute approximate surface area is 197 Å². The van der Waals surface area contributed by atoms with E-state index in [-0.39, 0.29) is 36.1 Å². The van der Waals surface area contributed by atoms with Crippen molar-refractivity contribution >= 4 is 36.0 Å². The van der Waals surface area contributed by atoms with Crippen LogP contribution in [0.2, 0.25) is 0 Å². The van der Waals surface area contributed by atoms with Crippen molar-refractivity contribution < 1.29 is 9.53 Å². The number of hydrogen-bond acceptors (Lipinski definition) is 4. The van der Waals surface area contributed by atoms with E-state index < -0.39 is 5.60 Å². The van der Waals surface area contributed by atoms with Gasteiger partial charge in [0.25, 0.3) is 0 Å². The lowest BCUT2D eigenvalue weighted by Gasteiger charge is -2.29.